The fraction of sp³-hybridized carbons (Fsp3) is 1.00. The number of hydrogen-bond donors (Lipinski definition) is 2. The van der Waals surface area contributed by atoms with Gasteiger partial charge in [-0.3, -0.25) is 0 Å². The maximum Gasteiger partial charge on any atom is 0.0945 e. The predicted octanol–water partition coefficient (Wildman–Crippen LogP) is 4.44. The zero-order valence-electron chi connectivity index (χ0n) is 18.6. The van der Waals surface area contributed by atoms with Crippen molar-refractivity contribution in [2.24, 2.45) is 0 Å². The van der Waals surface area contributed by atoms with Gasteiger partial charge < -0.3 is 14.2 Å². The Bertz CT molecular complexity index is 455. The lowest BCUT2D eigenvalue weighted by molar-refractivity contribution is -0.890. The van der Waals surface area contributed by atoms with Crippen LogP contribution in [0.1, 0.15) is 96.8 Å². The van der Waals surface area contributed by atoms with E-state index in [2.05, 4.69) is 26.5 Å². The SMILES string of the molecule is CCCCCCCCCCCC(CCC[N+](C)(C)CCCCS(=O)(=O)[O-])NO. The second kappa shape index (κ2) is 16.6. The molecule has 0 radical (unpaired) electrons. The first-order valence-corrected chi connectivity index (χ1v) is 12.9. The molecule has 7 heteroatoms. The quantitative estimate of drug-likeness (QED) is 0.131. The Kier molecular flexibility index (Phi) is 16.4. The van der Waals surface area contributed by atoms with Crippen molar-refractivity contribution in [2.75, 3.05) is 32.9 Å². The van der Waals surface area contributed by atoms with Crippen molar-refractivity contribution in [1.29, 1.82) is 0 Å². The minimum absolute atomic E-state index is 0.162. The number of rotatable bonds is 20. The van der Waals surface area contributed by atoms with Crippen molar-refractivity contribution >= 4 is 10.1 Å². The minimum atomic E-state index is -4.09. The Hall–Kier alpha value is -0.210. The van der Waals surface area contributed by atoms with Crippen LogP contribution in [-0.2, 0) is 10.1 Å². The summed E-state index contributed by atoms with van der Waals surface area (Å²) in [5.74, 6) is -0.262. The maximum atomic E-state index is 10.6. The van der Waals surface area contributed by atoms with Gasteiger partial charge in [0.05, 0.1) is 37.3 Å². The van der Waals surface area contributed by atoms with Crippen molar-refractivity contribution in [1.82, 2.24) is 5.48 Å². The van der Waals surface area contributed by atoms with Gasteiger partial charge >= 0.3 is 0 Å². The molecule has 28 heavy (non-hydrogen) atoms. The Morgan fingerprint density at radius 3 is 1.86 bits per heavy atom. The Labute approximate surface area is 174 Å². The van der Waals surface area contributed by atoms with Crippen molar-refractivity contribution in [2.45, 2.75) is 103 Å². The van der Waals surface area contributed by atoms with Gasteiger partial charge in [0.15, 0.2) is 0 Å². The van der Waals surface area contributed by atoms with E-state index in [9.17, 15) is 18.2 Å². The van der Waals surface area contributed by atoms with E-state index in [-0.39, 0.29) is 11.8 Å². The molecule has 6 nitrogen and oxygen atoms in total. The van der Waals surface area contributed by atoms with Crippen molar-refractivity contribution in [3.05, 3.63) is 0 Å². The van der Waals surface area contributed by atoms with Crippen LogP contribution in [0.3, 0.4) is 0 Å². The molecule has 0 aromatic heterocycles. The first-order valence-electron chi connectivity index (χ1n) is 11.4. The fourth-order valence-corrected chi connectivity index (χ4v) is 4.23. The third-order valence-corrected chi connectivity index (χ3v) is 6.35. The van der Waals surface area contributed by atoms with Crippen molar-refractivity contribution in [3.63, 3.8) is 0 Å². The number of nitrogens with zero attached hydrogens (tertiary/aromatic N) is 1. The van der Waals surface area contributed by atoms with Crippen LogP contribution >= 0.6 is 0 Å². The van der Waals surface area contributed by atoms with Crippen molar-refractivity contribution < 1.29 is 22.7 Å². The van der Waals surface area contributed by atoms with E-state index in [4.69, 9.17) is 0 Å². The van der Waals surface area contributed by atoms with Gasteiger partial charge in [0.2, 0.25) is 0 Å². The van der Waals surface area contributed by atoms with Crippen LogP contribution < -0.4 is 5.48 Å². The van der Waals surface area contributed by atoms with Gasteiger partial charge in [-0.1, -0.05) is 64.7 Å². The highest BCUT2D eigenvalue weighted by Gasteiger charge is 2.16. The minimum Gasteiger partial charge on any atom is -0.748 e. The zero-order valence-corrected chi connectivity index (χ0v) is 19.4. The summed E-state index contributed by atoms with van der Waals surface area (Å²) < 4.78 is 32.7. The van der Waals surface area contributed by atoms with Gasteiger partial charge in [-0.25, -0.2) is 13.9 Å². The summed E-state index contributed by atoms with van der Waals surface area (Å²) in [4.78, 5) is 0. The normalized spacial score (nSPS) is 13.8. The number of quaternary nitrogens is 1. The lowest BCUT2D eigenvalue weighted by Crippen LogP contribution is -2.42. The van der Waals surface area contributed by atoms with Crippen LogP contribution in [0.25, 0.3) is 0 Å². The summed E-state index contributed by atoms with van der Waals surface area (Å²) in [5, 5.41) is 9.39. The monoisotopic (exact) mass is 422 g/mol. The first kappa shape index (κ1) is 27.8. The smallest absolute Gasteiger partial charge is 0.0945 e. The molecule has 0 bridgehead atoms. The highest BCUT2D eigenvalue weighted by atomic mass is 32.2. The van der Waals surface area contributed by atoms with Crippen LogP contribution in [-0.4, -0.2) is 61.6 Å². The number of unbranched alkanes of at least 4 members (excludes halogenated alkanes) is 9. The van der Waals surface area contributed by atoms with E-state index < -0.39 is 10.1 Å². The van der Waals surface area contributed by atoms with Crippen LogP contribution in [0.15, 0.2) is 0 Å². The molecule has 1 unspecified atom stereocenters. The second-order valence-corrected chi connectivity index (χ2v) is 10.5. The second-order valence-electron chi connectivity index (χ2n) is 8.94. The predicted molar refractivity (Wildman–Crippen MR) is 115 cm³/mol. The van der Waals surface area contributed by atoms with Crippen molar-refractivity contribution in [3.8, 4) is 0 Å². The average Bonchev–Trinajstić information content (AvgIpc) is 2.61. The van der Waals surface area contributed by atoms with Gasteiger partial charge in [-0.05, 0) is 32.1 Å². The highest BCUT2D eigenvalue weighted by Crippen LogP contribution is 2.14. The molecular formula is C21H46N2O4S. The third-order valence-electron chi connectivity index (χ3n) is 5.56. The Balaban J connectivity index is 3.72. The fourth-order valence-electron chi connectivity index (χ4n) is 3.67. The molecule has 1 atom stereocenters. The molecule has 0 aliphatic carbocycles. The molecule has 0 aromatic rings. The van der Waals surface area contributed by atoms with E-state index in [0.29, 0.717) is 6.42 Å². The standard InChI is InChI=1S/C21H46N2O4S/c1-4-5-6-7-8-9-10-11-12-16-21(22-24)17-15-19-23(2,3)18-13-14-20-28(25,26)27/h21-22,24H,4-20H2,1-3H3. The van der Waals surface area contributed by atoms with Crippen LogP contribution in [0.5, 0.6) is 0 Å². The lowest BCUT2D eigenvalue weighted by atomic mass is 10.0. The van der Waals surface area contributed by atoms with Gasteiger partial charge in [-0.15, -0.1) is 0 Å². The molecule has 0 rings (SSSR count). The number of nitrogens with one attached hydrogen (secondary N) is 1. The van der Waals surface area contributed by atoms with E-state index >= 15 is 0 Å². The lowest BCUT2D eigenvalue weighted by Gasteiger charge is -2.30. The van der Waals surface area contributed by atoms with Gasteiger partial charge in [-0.2, -0.15) is 0 Å². The maximum absolute atomic E-state index is 10.6. The summed E-state index contributed by atoms with van der Waals surface area (Å²) in [5.41, 5.74) is 2.47. The van der Waals surface area contributed by atoms with Crippen LogP contribution in [0.4, 0.5) is 0 Å². The van der Waals surface area contributed by atoms with E-state index in [1.807, 2.05) is 0 Å². The Morgan fingerprint density at radius 2 is 1.32 bits per heavy atom. The van der Waals surface area contributed by atoms with Gasteiger partial charge in [0.25, 0.3) is 0 Å². The van der Waals surface area contributed by atoms with Gasteiger partial charge in [0, 0.05) is 11.8 Å². The number of hydroxylamine groups is 1. The zero-order chi connectivity index (χ0) is 21.3. The van der Waals surface area contributed by atoms with Gasteiger partial charge in [0.1, 0.15) is 0 Å². The molecule has 170 valence electrons. The molecule has 0 saturated carbocycles. The van der Waals surface area contributed by atoms with E-state index in [0.717, 1.165) is 49.7 Å². The molecule has 0 saturated heterocycles. The molecule has 0 aliphatic heterocycles. The molecule has 0 amide bonds. The first-order chi connectivity index (χ1) is 13.2. The van der Waals surface area contributed by atoms with E-state index in [1.165, 1.54) is 51.4 Å². The number of hydrogen-bond acceptors (Lipinski definition) is 5. The summed E-state index contributed by atoms with van der Waals surface area (Å²) >= 11 is 0. The summed E-state index contributed by atoms with van der Waals surface area (Å²) in [6.07, 6.45) is 16.0. The highest BCUT2D eigenvalue weighted by molar-refractivity contribution is 7.85. The third kappa shape index (κ3) is 19.1. The largest absolute Gasteiger partial charge is 0.748 e. The summed E-state index contributed by atoms with van der Waals surface area (Å²) in [7, 11) is 0.178. The molecule has 0 heterocycles. The van der Waals surface area contributed by atoms with Crippen LogP contribution in [0, 0.1) is 0 Å². The molecular weight excluding hydrogens is 376 g/mol. The topological polar surface area (TPSA) is 89.5 Å². The van der Waals surface area contributed by atoms with Crippen LogP contribution in [0.2, 0.25) is 0 Å². The molecule has 0 spiro atoms. The van der Waals surface area contributed by atoms with E-state index in [1.54, 1.807) is 0 Å². The summed E-state index contributed by atoms with van der Waals surface area (Å²) in [6, 6.07) is 0.162. The molecule has 0 aromatic carbocycles. The molecule has 0 fully saturated rings. The Morgan fingerprint density at radius 1 is 0.821 bits per heavy atom. The molecule has 2 N–H and O–H groups in total. The average molecular weight is 423 g/mol. The summed E-state index contributed by atoms with van der Waals surface area (Å²) in [6.45, 7) is 4.10. The molecule has 0 aliphatic rings.